The van der Waals surface area contributed by atoms with Crippen molar-refractivity contribution < 1.29 is 13.7 Å². The minimum atomic E-state index is -0.468. The van der Waals surface area contributed by atoms with Crippen LogP contribution in [0.1, 0.15) is 17.3 Å². The van der Waals surface area contributed by atoms with Gasteiger partial charge in [-0.2, -0.15) is 0 Å². The van der Waals surface area contributed by atoms with Crippen LogP contribution in [0.2, 0.25) is 0 Å². The Bertz CT molecular complexity index is 833. The van der Waals surface area contributed by atoms with Crippen LogP contribution in [0.4, 0.5) is 15.9 Å². The molecule has 24 heavy (non-hydrogen) atoms. The molecule has 0 fully saturated rings. The van der Waals surface area contributed by atoms with Crippen molar-refractivity contribution in [2.75, 3.05) is 11.9 Å². The molecule has 3 aromatic rings. The van der Waals surface area contributed by atoms with E-state index in [1.807, 2.05) is 37.3 Å². The summed E-state index contributed by atoms with van der Waals surface area (Å²) in [5.41, 5.74) is 1.52. The largest absolute Gasteiger partial charge is 0.487 e. The first-order valence-corrected chi connectivity index (χ1v) is 7.41. The molecule has 0 saturated heterocycles. The van der Waals surface area contributed by atoms with E-state index in [4.69, 9.17) is 9.26 Å². The highest BCUT2D eigenvalue weighted by Gasteiger charge is 2.12. The average molecular weight is 328 g/mol. The molecule has 0 radical (unpaired) electrons. The molecular weight excluding hydrogens is 311 g/mol. The number of halogens is 1. The molecule has 0 aliphatic carbocycles. The van der Waals surface area contributed by atoms with Gasteiger partial charge in [0.05, 0.1) is 6.20 Å². The fraction of sp³-hybridized carbons (Fsp3) is 0.235. The van der Waals surface area contributed by atoms with E-state index in [-0.39, 0.29) is 5.82 Å². The SMILES string of the molecule is Cc1ncc(F)c(N(C)c2ccc(OCc3cc(C)on3)cc2)n1. The van der Waals surface area contributed by atoms with E-state index < -0.39 is 5.82 Å². The Morgan fingerprint density at radius 2 is 1.96 bits per heavy atom. The maximum absolute atomic E-state index is 13.9. The first kappa shape index (κ1) is 15.9. The Balaban J connectivity index is 1.70. The molecule has 0 atom stereocenters. The number of nitrogens with zero attached hydrogens (tertiary/aromatic N) is 4. The lowest BCUT2D eigenvalue weighted by atomic mass is 10.2. The van der Waals surface area contributed by atoms with E-state index in [2.05, 4.69) is 15.1 Å². The first-order chi connectivity index (χ1) is 11.5. The van der Waals surface area contributed by atoms with Crippen LogP contribution >= 0.6 is 0 Å². The highest BCUT2D eigenvalue weighted by molar-refractivity contribution is 5.60. The third-order valence-corrected chi connectivity index (χ3v) is 3.45. The summed E-state index contributed by atoms with van der Waals surface area (Å²) in [6, 6.07) is 9.11. The van der Waals surface area contributed by atoms with Gasteiger partial charge in [0.15, 0.2) is 11.6 Å². The van der Waals surface area contributed by atoms with Crippen LogP contribution in [0.25, 0.3) is 0 Å². The van der Waals surface area contributed by atoms with Crippen LogP contribution in [0.3, 0.4) is 0 Å². The average Bonchev–Trinajstić information content (AvgIpc) is 3.00. The summed E-state index contributed by atoms with van der Waals surface area (Å²) < 4.78 is 24.5. The molecule has 124 valence electrons. The zero-order valence-corrected chi connectivity index (χ0v) is 13.7. The number of aryl methyl sites for hydroxylation is 2. The second-order valence-electron chi connectivity index (χ2n) is 5.36. The Labute approximate surface area is 138 Å². The maximum Gasteiger partial charge on any atom is 0.184 e. The number of rotatable bonds is 5. The lowest BCUT2D eigenvalue weighted by Crippen LogP contribution is -2.14. The zero-order chi connectivity index (χ0) is 17.1. The van der Waals surface area contributed by atoms with Crippen molar-refractivity contribution in [1.29, 1.82) is 0 Å². The van der Waals surface area contributed by atoms with Gasteiger partial charge < -0.3 is 14.2 Å². The number of benzene rings is 1. The minimum Gasteiger partial charge on any atom is -0.487 e. The summed E-state index contributed by atoms with van der Waals surface area (Å²) in [5.74, 6) is 1.71. The molecule has 0 saturated carbocycles. The number of hydrogen-bond acceptors (Lipinski definition) is 6. The van der Waals surface area contributed by atoms with Gasteiger partial charge in [0, 0.05) is 18.8 Å². The topological polar surface area (TPSA) is 64.3 Å². The Kier molecular flexibility index (Phi) is 4.41. The number of anilines is 2. The molecule has 0 N–H and O–H groups in total. The predicted octanol–water partition coefficient (Wildman–Crippen LogP) is 3.57. The van der Waals surface area contributed by atoms with E-state index in [1.165, 1.54) is 6.20 Å². The van der Waals surface area contributed by atoms with Crippen LogP contribution in [0.15, 0.2) is 41.1 Å². The molecule has 0 amide bonds. The van der Waals surface area contributed by atoms with Gasteiger partial charge in [-0.15, -0.1) is 0 Å². The van der Waals surface area contributed by atoms with Gasteiger partial charge in [0.25, 0.3) is 0 Å². The van der Waals surface area contributed by atoms with Crippen molar-refractivity contribution in [3.05, 3.63) is 59.6 Å². The second-order valence-corrected chi connectivity index (χ2v) is 5.36. The van der Waals surface area contributed by atoms with Gasteiger partial charge in [0.2, 0.25) is 0 Å². The fourth-order valence-electron chi connectivity index (χ4n) is 2.21. The predicted molar refractivity (Wildman–Crippen MR) is 86.8 cm³/mol. The molecule has 6 nitrogen and oxygen atoms in total. The molecule has 0 aliphatic heterocycles. The van der Waals surface area contributed by atoms with E-state index in [9.17, 15) is 4.39 Å². The number of ether oxygens (including phenoxy) is 1. The number of aromatic nitrogens is 3. The van der Waals surface area contributed by atoms with E-state index >= 15 is 0 Å². The summed E-state index contributed by atoms with van der Waals surface area (Å²) in [5, 5.41) is 3.87. The smallest absolute Gasteiger partial charge is 0.184 e. The molecule has 7 heteroatoms. The zero-order valence-electron chi connectivity index (χ0n) is 13.7. The highest BCUT2D eigenvalue weighted by Crippen LogP contribution is 2.26. The van der Waals surface area contributed by atoms with E-state index in [0.29, 0.717) is 18.2 Å². The summed E-state index contributed by atoms with van der Waals surface area (Å²) in [7, 11) is 1.75. The van der Waals surface area contributed by atoms with Gasteiger partial charge >= 0.3 is 0 Å². The highest BCUT2D eigenvalue weighted by atomic mass is 19.1. The second kappa shape index (κ2) is 6.66. The monoisotopic (exact) mass is 328 g/mol. The molecule has 2 aromatic heterocycles. The molecule has 3 rings (SSSR count). The standard InChI is InChI=1S/C17H17FN4O2/c1-11-8-13(21-24-11)10-23-15-6-4-14(5-7-15)22(3)17-16(18)9-19-12(2)20-17/h4-9H,10H2,1-3H3. The normalized spacial score (nSPS) is 10.7. The van der Waals surface area contributed by atoms with Gasteiger partial charge in [-0.1, -0.05) is 5.16 Å². The summed E-state index contributed by atoms with van der Waals surface area (Å²) in [6.45, 7) is 3.88. The van der Waals surface area contributed by atoms with E-state index in [1.54, 1.807) is 18.9 Å². The molecule has 0 spiro atoms. The quantitative estimate of drug-likeness (QED) is 0.713. The Morgan fingerprint density at radius 1 is 1.21 bits per heavy atom. The third kappa shape index (κ3) is 3.51. The number of hydrogen-bond donors (Lipinski definition) is 0. The molecular formula is C17H17FN4O2. The van der Waals surface area contributed by atoms with Crippen molar-refractivity contribution >= 4 is 11.5 Å². The van der Waals surface area contributed by atoms with Crippen molar-refractivity contribution in [3.8, 4) is 5.75 Å². The van der Waals surface area contributed by atoms with Crippen LogP contribution in [-0.2, 0) is 6.61 Å². The first-order valence-electron chi connectivity index (χ1n) is 7.41. The Morgan fingerprint density at radius 3 is 2.62 bits per heavy atom. The van der Waals surface area contributed by atoms with Crippen molar-refractivity contribution in [2.45, 2.75) is 20.5 Å². The minimum absolute atomic E-state index is 0.231. The van der Waals surface area contributed by atoms with Crippen LogP contribution < -0.4 is 9.64 Å². The summed E-state index contributed by atoms with van der Waals surface area (Å²) >= 11 is 0. The lowest BCUT2D eigenvalue weighted by Gasteiger charge is -2.19. The maximum atomic E-state index is 13.9. The fourth-order valence-corrected chi connectivity index (χ4v) is 2.21. The Hall–Kier alpha value is -2.96. The van der Waals surface area contributed by atoms with Gasteiger partial charge in [0.1, 0.15) is 29.6 Å². The molecule has 1 aromatic carbocycles. The van der Waals surface area contributed by atoms with Gasteiger partial charge in [-0.3, -0.25) is 0 Å². The molecule has 0 unspecified atom stereocenters. The summed E-state index contributed by atoms with van der Waals surface area (Å²) in [4.78, 5) is 9.64. The van der Waals surface area contributed by atoms with Crippen LogP contribution in [0, 0.1) is 19.7 Å². The third-order valence-electron chi connectivity index (χ3n) is 3.45. The van der Waals surface area contributed by atoms with E-state index in [0.717, 1.165) is 17.1 Å². The van der Waals surface area contributed by atoms with Crippen LogP contribution in [-0.4, -0.2) is 22.2 Å². The molecule has 0 bridgehead atoms. The van der Waals surface area contributed by atoms with Crippen LogP contribution in [0.5, 0.6) is 5.75 Å². The van der Waals surface area contributed by atoms with Gasteiger partial charge in [-0.25, -0.2) is 14.4 Å². The van der Waals surface area contributed by atoms with Crippen molar-refractivity contribution in [2.24, 2.45) is 0 Å². The van der Waals surface area contributed by atoms with Crippen molar-refractivity contribution in [3.63, 3.8) is 0 Å². The summed E-state index contributed by atoms with van der Waals surface area (Å²) in [6.07, 6.45) is 1.17. The van der Waals surface area contributed by atoms with Crippen molar-refractivity contribution in [1.82, 2.24) is 15.1 Å². The molecule has 0 aliphatic rings. The lowest BCUT2D eigenvalue weighted by molar-refractivity contribution is 0.288. The molecule has 2 heterocycles. The van der Waals surface area contributed by atoms with Gasteiger partial charge in [-0.05, 0) is 38.1 Å².